The highest BCUT2D eigenvalue weighted by Crippen LogP contribution is 2.38. The smallest absolute Gasteiger partial charge is 0.416 e. The van der Waals surface area contributed by atoms with Crippen molar-refractivity contribution < 1.29 is 18.3 Å². The molecule has 0 aliphatic rings. The van der Waals surface area contributed by atoms with Gasteiger partial charge in [0.05, 0.1) is 5.56 Å². The van der Waals surface area contributed by atoms with E-state index in [1.807, 2.05) is 0 Å². The second-order valence-electron chi connectivity index (χ2n) is 4.94. The lowest BCUT2D eigenvalue weighted by molar-refractivity contribution is -0.137. The molecule has 0 radical (unpaired) electrons. The van der Waals surface area contributed by atoms with Crippen LogP contribution in [-0.4, -0.2) is 5.11 Å². The minimum atomic E-state index is -4.38. The van der Waals surface area contributed by atoms with Crippen molar-refractivity contribution in [3.63, 3.8) is 0 Å². The number of halogens is 3. The van der Waals surface area contributed by atoms with Gasteiger partial charge < -0.3 is 5.11 Å². The number of aryl methyl sites for hydroxylation is 1. The molecule has 1 nitrogen and oxygen atoms in total. The van der Waals surface area contributed by atoms with Gasteiger partial charge in [-0.05, 0) is 30.0 Å². The Morgan fingerprint density at radius 2 is 1.56 bits per heavy atom. The normalized spacial score (nSPS) is 12.9. The molecule has 0 aromatic heterocycles. The summed E-state index contributed by atoms with van der Waals surface area (Å²) in [5, 5.41) is 9.76. The quantitative estimate of drug-likeness (QED) is 0.716. The minimum absolute atomic E-state index is 0.0551. The van der Waals surface area contributed by atoms with Gasteiger partial charge >= 0.3 is 6.18 Å². The van der Waals surface area contributed by atoms with Gasteiger partial charge in [0.25, 0.3) is 0 Å². The molecule has 0 atom stereocenters. The third-order valence-electron chi connectivity index (χ3n) is 2.44. The minimum Gasteiger partial charge on any atom is -0.507 e. The van der Waals surface area contributed by atoms with E-state index in [4.69, 9.17) is 0 Å². The van der Waals surface area contributed by atoms with Crippen LogP contribution in [0.1, 0.15) is 37.5 Å². The summed E-state index contributed by atoms with van der Waals surface area (Å²) in [6.07, 6.45) is -4.38. The van der Waals surface area contributed by atoms with E-state index < -0.39 is 17.2 Å². The Morgan fingerprint density at radius 1 is 1.06 bits per heavy atom. The first-order chi connectivity index (χ1) is 7.03. The molecule has 16 heavy (non-hydrogen) atoms. The van der Waals surface area contributed by atoms with Gasteiger partial charge in [0, 0.05) is 5.56 Å². The van der Waals surface area contributed by atoms with E-state index in [-0.39, 0.29) is 11.3 Å². The third kappa shape index (κ3) is 2.49. The second-order valence-corrected chi connectivity index (χ2v) is 4.94. The van der Waals surface area contributed by atoms with Gasteiger partial charge in [0.1, 0.15) is 5.75 Å². The van der Waals surface area contributed by atoms with Crippen LogP contribution >= 0.6 is 0 Å². The summed E-state index contributed by atoms with van der Waals surface area (Å²) >= 11 is 0. The Morgan fingerprint density at radius 3 is 1.94 bits per heavy atom. The number of aromatic hydroxyl groups is 1. The number of phenolic OH excluding ortho intramolecular Hbond substituents is 1. The summed E-state index contributed by atoms with van der Waals surface area (Å²) in [5.41, 5.74) is -0.664. The molecule has 90 valence electrons. The van der Waals surface area contributed by atoms with E-state index in [1.54, 1.807) is 20.8 Å². The molecular weight excluding hydrogens is 217 g/mol. The van der Waals surface area contributed by atoms with Crippen LogP contribution in [0.25, 0.3) is 0 Å². The predicted octanol–water partition coefficient (Wildman–Crippen LogP) is 4.02. The lowest BCUT2D eigenvalue weighted by Crippen LogP contribution is -2.15. The molecule has 0 fully saturated rings. The SMILES string of the molecule is Cc1cc(C(F)(F)F)cc(C(C)(C)C)c1O. The molecule has 1 rings (SSSR count). The summed E-state index contributed by atoms with van der Waals surface area (Å²) < 4.78 is 37.8. The maximum atomic E-state index is 12.6. The molecule has 0 amide bonds. The summed E-state index contributed by atoms with van der Waals surface area (Å²) in [6, 6.07) is 1.98. The zero-order valence-electron chi connectivity index (χ0n) is 9.74. The van der Waals surface area contributed by atoms with Crippen molar-refractivity contribution >= 4 is 0 Å². The van der Waals surface area contributed by atoms with E-state index >= 15 is 0 Å². The zero-order valence-corrected chi connectivity index (χ0v) is 9.74. The van der Waals surface area contributed by atoms with Crippen molar-refractivity contribution in [1.82, 2.24) is 0 Å². The van der Waals surface area contributed by atoms with Crippen LogP contribution in [0.4, 0.5) is 13.2 Å². The monoisotopic (exact) mass is 232 g/mol. The molecule has 0 unspecified atom stereocenters. The largest absolute Gasteiger partial charge is 0.507 e. The highest BCUT2D eigenvalue weighted by molar-refractivity contribution is 5.47. The van der Waals surface area contributed by atoms with Gasteiger partial charge in [-0.3, -0.25) is 0 Å². The Balaban J connectivity index is 3.46. The first kappa shape index (κ1) is 12.9. The van der Waals surface area contributed by atoms with E-state index in [2.05, 4.69) is 0 Å². The van der Waals surface area contributed by atoms with Gasteiger partial charge in [0.2, 0.25) is 0 Å². The Bertz CT molecular complexity index is 400. The van der Waals surface area contributed by atoms with Crippen molar-refractivity contribution in [2.24, 2.45) is 0 Å². The molecule has 1 aromatic rings. The van der Waals surface area contributed by atoms with Crippen molar-refractivity contribution in [3.8, 4) is 5.75 Å². The molecule has 0 aliphatic carbocycles. The predicted molar refractivity (Wildman–Crippen MR) is 56.5 cm³/mol. The first-order valence-electron chi connectivity index (χ1n) is 4.95. The number of rotatable bonds is 0. The van der Waals surface area contributed by atoms with Crippen LogP contribution in [0.2, 0.25) is 0 Å². The molecule has 1 aromatic carbocycles. The van der Waals surface area contributed by atoms with Gasteiger partial charge in [0.15, 0.2) is 0 Å². The second kappa shape index (κ2) is 3.68. The Kier molecular flexibility index (Phi) is 2.96. The Hall–Kier alpha value is -1.19. The molecule has 1 N–H and O–H groups in total. The maximum absolute atomic E-state index is 12.6. The Labute approximate surface area is 92.9 Å². The summed E-state index contributed by atoms with van der Waals surface area (Å²) in [7, 11) is 0. The van der Waals surface area contributed by atoms with Crippen molar-refractivity contribution in [1.29, 1.82) is 0 Å². The van der Waals surface area contributed by atoms with E-state index in [9.17, 15) is 18.3 Å². The number of hydrogen-bond acceptors (Lipinski definition) is 1. The number of benzene rings is 1. The van der Waals surface area contributed by atoms with Gasteiger partial charge in [-0.1, -0.05) is 20.8 Å². The van der Waals surface area contributed by atoms with Crippen LogP contribution < -0.4 is 0 Å². The zero-order chi connectivity index (χ0) is 12.7. The van der Waals surface area contributed by atoms with E-state index in [0.29, 0.717) is 5.56 Å². The molecule has 0 saturated heterocycles. The molecule has 0 spiro atoms. The average molecular weight is 232 g/mol. The maximum Gasteiger partial charge on any atom is 0.416 e. The summed E-state index contributed by atoms with van der Waals surface area (Å²) in [6.45, 7) is 6.77. The molecule has 0 heterocycles. The lowest BCUT2D eigenvalue weighted by Gasteiger charge is -2.23. The fourth-order valence-corrected chi connectivity index (χ4v) is 1.51. The fraction of sp³-hybridized carbons (Fsp3) is 0.500. The van der Waals surface area contributed by atoms with Crippen molar-refractivity contribution in [2.45, 2.75) is 39.3 Å². The van der Waals surface area contributed by atoms with E-state index in [0.717, 1.165) is 12.1 Å². The summed E-state index contributed by atoms with van der Waals surface area (Å²) in [5.74, 6) is -0.0551. The average Bonchev–Trinajstić information content (AvgIpc) is 2.05. The molecule has 0 bridgehead atoms. The third-order valence-corrected chi connectivity index (χ3v) is 2.44. The molecule has 0 aliphatic heterocycles. The van der Waals surface area contributed by atoms with Crippen molar-refractivity contribution in [2.75, 3.05) is 0 Å². The fourth-order valence-electron chi connectivity index (χ4n) is 1.51. The van der Waals surface area contributed by atoms with Gasteiger partial charge in [-0.2, -0.15) is 13.2 Å². The van der Waals surface area contributed by atoms with Gasteiger partial charge in [-0.15, -0.1) is 0 Å². The van der Waals surface area contributed by atoms with Crippen LogP contribution in [0.5, 0.6) is 5.75 Å². The van der Waals surface area contributed by atoms with E-state index in [1.165, 1.54) is 6.92 Å². The number of phenols is 1. The highest BCUT2D eigenvalue weighted by Gasteiger charge is 2.33. The number of hydrogen-bond donors (Lipinski definition) is 1. The highest BCUT2D eigenvalue weighted by atomic mass is 19.4. The molecule has 0 saturated carbocycles. The topological polar surface area (TPSA) is 20.2 Å². The van der Waals surface area contributed by atoms with Crippen LogP contribution in [0.15, 0.2) is 12.1 Å². The van der Waals surface area contributed by atoms with Crippen LogP contribution in [0.3, 0.4) is 0 Å². The molecule has 4 heteroatoms. The first-order valence-corrected chi connectivity index (χ1v) is 4.95. The van der Waals surface area contributed by atoms with Gasteiger partial charge in [-0.25, -0.2) is 0 Å². The molecular formula is C12H15F3O. The van der Waals surface area contributed by atoms with Crippen LogP contribution in [-0.2, 0) is 11.6 Å². The van der Waals surface area contributed by atoms with Crippen LogP contribution in [0, 0.1) is 6.92 Å². The van der Waals surface area contributed by atoms with Crippen molar-refractivity contribution in [3.05, 3.63) is 28.8 Å². The lowest BCUT2D eigenvalue weighted by atomic mass is 9.84. The number of alkyl halides is 3. The standard InChI is InChI=1S/C12H15F3O/c1-7-5-8(12(13,14)15)6-9(10(7)16)11(2,3)4/h5-6,16H,1-4H3. The summed E-state index contributed by atoms with van der Waals surface area (Å²) in [4.78, 5) is 0.